The van der Waals surface area contributed by atoms with Crippen LogP contribution in [0.4, 0.5) is 5.69 Å². The summed E-state index contributed by atoms with van der Waals surface area (Å²) in [5.41, 5.74) is 8.39. The smallest absolute Gasteiger partial charge is 0.266 e. The fourth-order valence-electron chi connectivity index (χ4n) is 2.88. The molecular formula is C23H23N3O2S2. The van der Waals surface area contributed by atoms with Crippen molar-refractivity contribution >= 4 is 51.9 Å². The average Bonchev–Trinajstić information content (AvgIpc) is 3.01. The standard InChI is InChI=1S/C23H23N3O2S2/c1-17(15-18-9-4-2-5-10-18)16-20-22(28)26(23(29)30-20)14-8-13-21(27)25-24-19-11-6-3-7-12-19/h2-7,9-12,15-16,24H,8,13-14H2,1H3,(H,25,27). The van der Waals surface area contributed by atoms with Crippen LogP contribution in [0.15, 0.2) is 77.2 Å². The van der Waals surface area contributed by atoms with Crippen molar-refractivity contribution in [1.29, 1.82) is 0 Å². The largest absolute Gasteiger partial charge is 0.299 e. The monoisotopic (exact) mass is 437 g/mol. The van der Waals surface area contributed by atoms with Crippen molar-refractivity contribution in [2.45, 2.75) is 19.8 Å². The van der Waals surface area contributed by atoms with Gasteiger partial charge in [0.15, 0.2) is 0 Å². The quantitative estimate of drug-likeness (QED) is 0.354. The molecule has 1 fully saturated rings. The summed E-state index contributed by atoms with van der Waals surface area (Å²) in [5, 5.41) is 0. The number of nitrogens with one attached hydrogen (secondary N) is 2. The Morgan fingerprint density at radius 1 is 1.10 bits per heavy atom. The number of rotatable bonds is 8. The van der Waals surface area contributed by atoms with Gasteiger partial charge >= 0.3 is 0 Å². The van der Waals surface area contributed by atoms with Gasteiger partial charge in [0.1, 0.15) is 4.32 Å². The van der Waals surface area contributed by atoms with Gasteiger partial charge in [-0.15, -0.1) is 0 Å². The summed E-state index contributed by atoms with van der Waals surface area (Å²) in [5.74, 6) is -0.241. The van der Waals surface area contributed by atoms with Crippen LogP contribution in [-0.2, 0) is 9.59 Å². The van der Waals surface area contributed by atoms with E-state index in [1.54, 1.807) is 4.90 Å². The number of benzene rings is 2. The average molecular weight is 438 g/mol. The van der Waals surface area contributed by atoms with Crippen LogP contribution >= 0.6 is 24.0 Å². The van der Waals surface area contributed by atoms with E-state index in [1.165, 1.54) is 11.8 Å². The molecule has 30 heavy (non-hydrogen) atoms. The highest BCUT2D eigenvalue weighted by molar-refractivity contribution is 8.26. The van der Waals surface area contributed by atoms with Gasteiger partial charge in [-0.05, 0) is 42.7 Å². The van der Waals surface area contributed by atoms with Crippen molar-refractivity contribution in [2.75, 3.05) is 12.0 Å². The van der Waals surface area contributed by atoms with Gasteiger partial charge in [0.2, 0.25) is 5.91 Å². The van der Waals surface area contributed by atoms with Gasteiger partial charge in [-0.2, -0.15) is 0 Å². The summed E-state index contributed by atoms with van der Waals surface area (Å²) in [4.78, 5) is 26.9. The summed E-state index contributed by atoms with van der Waals surface area (Å²) in [6.07, 6.45) is 4.71. The van der Waals surface area contributed by atoms with Gasteiger partial charge in [0.05, 0.1) is 10.6 Å². The fourth-order valence-corrected chi connectivity index (χ4v) is 4.24. The van der Waals surface area contributed by atoms with Gasteiger partial charge in [-0.25, -0.2) is 0 Å². The molecule has 0 aliphatic carbocycles. The zero-order chi connectivity index (χ0) is 21.3. The number of thiocarbonyl (C=S) groups is 1. The van der Waals surface area contributed by atoms with Crippen LogP contribution in [0.1, 0.15) is 25.3 Å². The molecule has 3 rings (SSSR count). The third-order valence-electron chi connectivity index (χ3n) is 4.33. The molecule has 2 amide bonds. The molecular weight excluding hydrogens is 414 g/mol. The van der Waals surface area contributed by atoms with Crippen molar-refractivity contribution in [2.24, 2.45) is 0 Å². The normalized spacial score (nSPS) is 15.6. The van der Waals surface area contributed by atoms with Gasteiger partial charge < -0.3 is 0 Å². The number of anilines is 1. The fraction of sp³-hybridized carbons (Fsp3) is 0.174. The molecule has 1 saturated heterocycles. The van der Waals surface area contributed by atoms with E-state index in [9.17, 15) is 9.59 Å². The number of allylic oxidation sites excluding steroid dienone is 2. The summed E-state index contributed by atoms with van der Waals surface area (Å²) in [7, 11) is 0. The van der Waals surface area contributed by atoms with Gasteiger partial charge in [-0.3, -0.25) is 25.3 Å². The molecule has 2 aromatic rings. The SMILES string of the molecule is CC(=Cc1ccccc1)C=C1SC(=S)N(CCCC(=O)NNc2ccccc2)C1=O. The number of nitrogens with zero attached hydrogens (tertiary/aromatic N) is 1. The third kappa shape index (κ3) is 6.30. The summed E-state index contributed by atoms with van der Waals surface area (Å²) < 4.78 is 0.529. The number of hydrogen-bond acceptors (Lipinski definition) is 5. The molecule has 0 saturated carbocycles. The molecule has 1 aliphatic rings. The molecule has 0 atom stereocenters. The number of carbonyl (C=O) groups excluding carboxylic acids is 2. The summed E-state index contributed by atoms with van der Waals surface area (Å²) >= 11 is 6.67. The van der Waals surface area contributed by atoms with E-state index in [0.29, 0.717) is 28.6 Å². The van der Waals surface area contributed by atoms with E-state index in [4.69, 9.17) is 12.2 Å². The van der Waals surface area contributed by atoms with Crippen molar-refractivity contribution in [3.05, 3.63) is 82.8 Å². The Morgan fingerprint density at radius 2 is 1.77 bits per heavy atom. The molecule has 0 bridgehead atoms. The van der Waals surface area contributed by atoms with E-state index in [2.05, 4.69) is 10.9 Å². The first-order valence-corrected chi connectivity index (χ1v) is 10.8. The topological polar surface area (TPSA) is 61.4 Å². The predicted molar refractivity (Wildman–Crippen MR) is 128 cm³/mol. The van der Waals surface area contributed by atoms with Crippen LogP contribution in [0.3, 0.4) is 0 Å². The van der Waals surface area contributed by atoms with E-state index in [1.807, 2.05) is 79.7 Å². The Bertz CT molecular complexity index is 972. The van der Waals surface area contributed by atoms with E-state index in [-0.39, 0.29) is 11.8 Å². The van der Waals surface area contributed by atoms with Gasteiger partial charge in [0.25, 0.3) is 5.91 Å². The van der Waals surface area contributed by atoms with Gasteiger partial charge in [-0.1, -0.05) is 78.6 Å². The van der Waals surface area contributed by atoms with Gasteiger partial charge in [0, 0.05) is 13.0 Å². The lowest BCUT2D eigenvalue weighted by atomic mass is 10.1. The highest BCUT2D eigenvalue weighted by Gasteiger charge is 2.31. The molecule has 0 radical (unpaired) electrons. The molecule has 154 valence electrons. The molecule has 0 aromatic heterocycles. The van der Waals surface area contributed by atoms with Crippen LogP contribution in [-0.4, -0.2) is 27.6 Å². The van der Waals surface area contributed by atoms with E-state index >= 15 is 0 Å². The maximum absolute atomic E-state index is 12.7. The number of carbonyl (C=O) groups is 2. The Labute approximate surface area is 186 Å². The molecule has 0 spiro atoms. The first-order chi connectivity index (χ1) is 14.5. The lowest BCUT2D eigenvalue weighted by Crippen LogP contribution is -2.32. The second kappa shape index (κ2) is 10.8. The first-order valence-electron chi connectivity index (χ1n) is 9.61. The summed E-state index contributed by atoms with van der Waals surface area (Å²) in [6, 6.07) is 19.3. The molecule has 1 aliphatic heterocycles. The molecule has 2 aromatic carbocycles. The van der Waals surface area contributed by atoms with Crippen LogP contribution < -0.4 is 10.9 Å². The highest BCUT2D eigenvalue weighted by Crippen LogP contribution is 2.32. The molecule has 5 nitrogen and oxygen atoms in total. The lowest BCUT2D eigenvalue weighted by molar-refractivity contribution is -0.123. The molecule has 7 heteroatoms. The minimum atomic E-state index is -0.138. The Morgan fingerprint density at radius 3 is 2.47 bits per heavy atom. The maximum atomic E-state index is 12.7. The predicted octanol–water partition coefficient (Wildman–Crippen LogP) is 4.76. The van der Waals surface area contributed by atoms with E-state index < -0.39 is 0 Å². The zero-order valence-corrected chi connectivity index (χ0v) is 18.3. The minimum absolute atomic E-state index is 0.103. The summed E-state index contributed by atoms with van der Waals surface area (Å²) in [6.45, 7) is 2.38. The van der Waals surface area contributed by atoms with Crippen molar-refractivity contribution in [3.63, 3.8) is 0 Å². The number of thioether (sulfide) groups is 1. The Kier molecular flexibility index (Phi) is 7.82. The van der Waals surface area contributed by atoms with Crippen LogP contribution in [0.2, 0.25) is 0 Å². The second-order valence-electron chi connectivity index (χ2n) is 6.78. The lowest BCUT2D eigenvalue weighted by Gasteiger charge is -2.14. The molecule has 2 N–H and O–H groups in total. The Hall–Kier alpha value is -2.90. The van der Waals surface area contributed by atoms with Crippen molar-refractivity contribution in [1.82, 2.24) is 10.3 Å². The first kappa shape index (κ1) is 21.8. The maximum Gasteiger partial charge on any atom is 0.266 e. The van der Waals surface area contributed by atoms with Crippen LogP contribution in [0, 0.1) is 0 Å². The van der Waals surface area contributed by atoms with Crippen molar-refractivity contribution < 1.29 is 9.59 Å². The van der Waals surface area contributed by atoms with Crippen molar-refractivity contribution in [3.8, 4) is 0 Å². The number of para-hydroxylation sites is 1. The third-order valence-corrected chi connectivity index (χ3v) is 5.71. The number of hydrazine groups is 1. The molecule has 0 unspecified atom stereocenters. The number of hydrogen-bond donors (Lipinski definition) is 2. The van der Waals surface area contributed by atoms with E-state index in [0.717, 1.165) is 16.8 Å². The van der Waals surface area contributed by atoms with Crippen LogP contribution in [0.25, 0.3) is 6.08 Å². The zero-order valence-electron chi connectivity index (χ0n) is 16.6. The minimum Gasteiger partial charge on any atom is -0.299 e. The Balaban J connectivity index is 1.49. The van der Waals surface area contributed by atoms with Crippen LogP contribution in [0.5, 0.6) is 0 Å². The molecule has 1 heterocycles. The number of amides is 2. The second-order valence-corrected chi connectivity index (χ2v) is 8.45. The highest BCUT2D eigenvalue weighted by atomic mass is 32.2.